The van der Waals surface area contributed by atoms with E-state index in [9.17, 15) is 21.6 Å². The van der Waals surface area contributed by atoms with Gasteiger partial charge in [-0.3, -0.25) is 14.5 Å². The summed E-state index contributed by atoms with van der Waals surface area (Å²) < 4.78 is 53.4. The summed E-state index contributed by atoms with van der Waals surface area (Å²) in [5.74, 6) is 0.0948. The van der Waals surface area contributed by atoms with Crippen molar-refractivity contribution in [3.63, 3.8) is 0 Å². The van der Waals surface area contributed by atoms with E-state index in [1.807, 2.05) is 0 Å². The van der Waals surface area contributed by atoms with Gasteiger partial charge < -0.3 is 4.90 Å². The van der Waals surface area contributed by atoms with Gasteiger partial charge in [-0.15, -0.1) is 0 Å². The second-order valence-electron chi connectivity index (χ2n) is 7.18. The minimum absolute atomic E-state index is 0.110. The van der Waals surface area contributed by atoms with Crippen molar-refractivity contribution in [3.8, 4) is 0 Å². The van der Waals surface area contributed by atoms with Crippen LogP contribution in [-0.2, 0) is 24.8 Å². The summed E-state index contributed by atoms with van der Waals surface area (Å²) in [4.78, 5) is 18.8. The minimum Gasteiger partial charge on any atom is -0.340 e. The molecule has 2 aliphatic heterocycles. The maximum atomic E-state index is 12.7. The molecule has 11 heteroatoms. The summed E-state index contributed by atoms with van der Waals surface area (Å²) in [5.41, 5.74) is 0.495. The first-order valence-corrected chi connectivity index (χ1v) is 12.7. The Bertz CT molecular complexity index is 1220. The Hall–Kier alpha value is -2.76. The lowest BCUT2D eigenvalue weighted by Crippen LogP contribution is -2.50. The molecule has 4 rings (SSSR count). The fourth-order valence-corrected chi connectivity index (χ4v) is 6.29. The molecule has 1 N–H and O–H groups in total. The quantitative estimate of drug-likeness (QED) is 0.700. The fraction of sp³-hybridized carbons (Fsp3) is 0.300. The van der Waals surface area contributed by atoms with Crippen molar-refractivity contribution in [1.29, 1.82) is 0 Å². The molecular weight excluding hydrogens is 440 g/mol. The number of hydrogen-bond donors (Lipinski definition) is 1. The minimum atomic E-state index is -3.61. The van der Waals surface area contributed by atoms with E-state index in [-0.39, 0.29) is 47.6 Å². The van der Waals surface area contributed by atoms with E-state index in [0.29, 0.717) is 18.7 Å². The van der Waals surface area contributed by atoms with Crippen LogP contribution in [0.2, 0.25) is 0 Å². The third-order valence-corrected chi connectivity index (χ3v) is 8.54. The van der Waals surface area contributed by atoms with Gasteiger partial charge in [0.25, 0.3) is 10.0 Å². The molecule has 0 radical (unpaired) electrons. The van der Waals surface area contributed by atoms with Crippen LogP contribution >= 0.6 is 0 Å². The van der Waals surface area contributed by atoms with E-state index >= 15 is 0 Å². The smallest absolute Gasteiger partial charge is 0.263 e. The molecule has 2 aliphatic rings. The molecule has 164 valence electrons. The molecule has 0 bridgehead atoms. The molecule has 0 aromatic heterocycles. The highest BCUT2D eigenvalue weighted by Crippen LogP contribution is 2.22. The Morgan fingerprint density at radius 2 is 1.61 bits per heavy atom. The first-order valence-electron chi connectivity index (χ1n) is 9.79. The van der Waals surface area contributed by atoms with Crippen molar-refractivity contribution in [2.45, 2.75) is 16.2 Å². The molecule has 0 atom stereocenters. The van der Waals surface area contributed by atoms with E-state index in [1.165, 1.54) is 10.4 Å². The van der Waals surface area contributed by atoms with Gasteiger partial charge in [0, 0.05) is 38.2 Å². The molecule has 2 heterocycles. The van der Waals surface area contributed by atoms with Gasteiger partial charge in [-0.25, -0.2) is 16.8 Å². The lowest BCUT2D eigenvalue weighted by Gasteiger charge is -2.34. The highest BCUT2D eigenvalue weighted by Gasteiger charge is 2.31. The van der Waals surface area contributed by atoms with Gasteiger partial charge >= 0.3 is 0 Å². The number of piperazine rings is 1. The van der Waals surface area contributed by atoms with Crippen LogP contribution in [0.4, 0.5) is 0 Å². The summed E-state index contributed by atoms with van der Waals surface area (Å²) in [5, 5.41) is 0. The Kier molecular flexibility index (Phi) is 5.82. The number of benzene rings is 2. The van der Waals surface area contributed by atoms with Crippen LogP contribution in [0.15, 0.2) is 69.4 Å². The second kappa shape index (κ2) is 8.40. The number of rotatable bonds is 5. The van der Waals surface area contributed by atoms with Gasteiger partial charge in [-0.1, -0.05) is 30.3 Å². The van der Waals surface area contributed by atoms with E-state index in [4.69, 9.17) is 0 Å². The van der Waals surface area contributed by atoms with Gasteiger partial charge in [-0.05, 0) is 24.3 Å². The summed E-state index contributed by atoms with van der Waals surface area (Å²) in [7, 11) is -7.18. The van der Waals surface area contributed by atoms with Crippen LogP contribution in [0.1, 0.15) is 12.0 Å². The summed E-state index contributed by atoms with van der Waals surface area (Å²) in [6.07, 6.45) is 0.110. The monoisotopic (exact) mass is 462 g/mol. The van der Waals surface area contributed by atoms with E-state index in [2.05, 4.69) is 9.71 Å². The summed E-state index contributed by atoms with van der Waals surface area (Å²) in [6, 6.07) is 14.8. The zero-order valence-electron chi connectivity index (χ0n) is 16.6. The van der Waals surface area contributed by atoms with Crippen molar-refractivity contribution >= 4 is 31.8 Å². The molecule has 0 spiro atoms. The average Bonchev–Trinajstić information content (AvgIpc) is 3.04. The predicted octanol–water partition coefficient (Wildman–Crippen LogP) is 0.648. The van der Waals surface area contributed by atoms with Gasteiger partial charge in [0.1, 0.15) is 5.84 Å². The number of fused-ring (bicyclic) bond motifs is 1. The maximum Gasteiger partial charge on any atom is 0.263 e. The van der Waals surface area contributed by atoms with E-state index in [0.717, 1.165) is 0 Å². The molecule has 2 aromatic carbocycles. The van der Waals surface area contributed by atoms with Crippen LogP contribution in [0, 0.1) is 0 Å². The number of carbonyl (C=O) groups excluding carboxylic acids is 1. The topological polar surface area (TPSA) is 116 Å². The van der Waals surface area contributed by atoms with Gasteiger partial charge in [-0.2, -0.15) is 4.31 Å². The van der Waals surface area contributed by atoms with Crippen molar-refractivity contribution < 1.29 is 21.6 Å². The third kappa shape index (κ3) is 4.34. The molecule has 0 aliphatic carbocycles. The van der Waals surface area contributed by atoms with Crippen molar-refractivity contribution in [3.05, 3.63) is 60.2 Å². The Morgan fingerprint density at radius 1 is 0.968 bits per heavy atom. The normalized spacial score (nSPS) is 19.7. The highest BCUT2D eigenvalue weighted by molar-refractivity contribution is 7.90. The van der Waals surface area contributed by atoms with Crippen LogP contribution < -0.4 is 4.72 Å². The lowest BCUT2D eigenvalue weighted by atomic mass is 10.2. The number of aliphatic imine (C=N–C) groups is 1. The van der Waals surface area contributed by atoms with Crippen LogP contribution in [0.5, 0.6) is 0 Å². The highest BCUT2D eigenvalue weighted by atomic mass is 32.2. The zero-order valence-corrected chi connectivity index (χ0v) is 18.3. The number of nitrogens with zero attached hydrogens (tertiary/aromatic N) is 3. The molecule has 31 heavy (non-hydrogen) atoms. The third-order valence-electron chi connectivity index (χ3n) is 5.23. The molecular formula is C20H22N4O5S2. The second-order valence-corrected chi connectivity index (χ2v) is 10.8. The zero-order chi connectivity index (χ0) is 22.1. The number of amides is 1. The molecule has 2 aromatic rings. The van der Waals surface area contributed by atoms with E-state index in [1.54, 1.807) is 53.4 Å². The maximum absolute atomic E-state index is 12.7. The van der Waals surface area contributed by atoms with Gasteiger partial charge in [0.15, 0.2) is 0 Å². The van der Waals surface area contributed by atoms with E-state index < -0.39 is 20.0 Å². The molecule has 1 amide bonds. The molecule has 1 saturated heterocycles. The summed E-state index contributed by atoms with van der Waals surface area (Å²) in [6.45, 7) is 1.19. The number of sulfonamides is 2. The molecule has 0 saturated carbocycles. The van der Waals surface area contributed by atoms with Crippen LogP contribution in [-0.4, -0.2) is 70.5 Å². The number of nitrogens with one attached hydrogen (secondary N) is 1. The standard InChI is InChI=1S/C20H22N4O5S2/c25-19(10-11-21-20-17-8-4-5-9-18(17)30(26,27)22-20)23-12-14-24(15-13-23)31(28,29)16-6-2-1-3-7-16/h1-9H,10-15H2,(H,21,22). The fourth-order valence-electron chi connectivity index (χ4n) is 3.59. The Morgan fingerprint density at radius 3 is 2.32 bits per heavy atom. The lowest BCUT2D eigenvalue weighted by molar-refractivity contribution is -0.132. The Balaban J connectivity index is 1.33. The molecule has 0 unspecified atom stereocenters. The molecule has 1 fully saturated rings. The van der Waals surface area contributed by atoms with Crippen LogP contribution in [0.3, 0.4) is 0 Å². The SMILES string of the molecule is O=C(CCN=C1NS(=O)(=O)c2ccccc21)N1CCN(S(=O)(=O)c2ccccc2)CC1. The number of amidine groups is 1. The number of carbonyl (C=O) groups is 1. The Labute approximate surface area is 181 Å². The van der Waals surface area contributed by atoms with Crippen LogP contribution in [0.25, 0.3) is 0 Å². The average molecular weight is 463 g/mol. The van der Waals surface area contributed by atoms with Gasteiger partial charge in [0.05, 0.1) is 16.3 Å². The van der Waals surface area contributed by atoms with Crippen molar-refractivity contribution in [1.82, 2.24) is 13.9 Å². The first kappa shape index (κ1) is 21.5. The van der Waals surface area contributed by atoms with Gasteiger partial charge in [0.2, 0.25) is 15.9 Å². The summed E-state index contributed by atoms with van der Waals surface area (Å²) >= 11 is 0. The predicted molar refractivity (Wildman–Crippen MR) is 115 cm³/mol. The molecule has 9 nitrogen and oxygen atoms in total. The van der Waals surface area contributed by atoms with Crippen molar-refractivity contribution in [2.75, 3.05) is 32.7 Å². The first-order chi connectivity index (χ1) is 14.8. The largest absolute Gasteiger partial charge is 0.340 e. The number of hydrogen-bond acceptors (Lipinski definition) is 6. The van der Waals surface area contributed by atoms with Crippen molar-refractivity contribution in [2.24, 2.45) is 4.99 Å².